The number of aryl methyl sites for hydroxylation is 1. The fourth-order valence-corrected chi connectivity index (χ4v) is 7.12. The zero-order chi connectivity index (χ0) is 33.1. The standard InChI is InChI=1S/C31H34F3N7O6/c1-3-21-23(39-6-8-40(9-7-39)28(44)20-12-18(2)35-17-36-20)24(43)25-26(37-27(47-25)19-4-10-45-11-5-19)41(21)13-22(42)38-29-14-30(15-29,46-16-29)31(32,33)34/h4,12,17H,3,5-11,13-16H2,1-2H3,(H,38,42). The number of hydrogen-bond donors (Lipinski definition) is 1. The third-order valence-electron chi connectivity index (χ3n) is 9.46. The molecule has 250 valence electrons. The second-order valence-corrected chi connectivity index (χ2v) is 12.6. The minimum absolute atomic E-state index is 0.0237. The van der Waals surface area contributed by atoms with E-state index in [1.807, 2.05) is 17.9 Å². The predicted molar refractivity (Wildman–Crippen MR) is 161 cm³/mol. The molecule has 3 aromatic rings. The number of nitrogens with one attached hydrogen (secondary N) is 1. The highest BCUT2D eigenvalue weighted by Gasteiger charge is 2.74. The van der Waals surface area contributed by atoms with E-state index in [9.17, 15) is 27.6 Å². The summed E-state index contributed by atoms with van der Waals surface area (Å²) < 4.78 is 58.9. The molecule has 2 bridgehead atoms. The van der Waals surface area contributed by atoms with Crippen LogP contribution in [0.4, 0.5) is 18.9 Å². The Labute approximate surface area is 266 Å². The Balaban J connectivity index is 1.20. The van der Waals surface area contributed by atoms with Crippen LogP contribution in [0.2, 0.25) is 0 Å². The second kappa shape index (κ2) is 11.4. The summed E-state index contributed by atoms with van der Waals surface area (Å²) in [6, 6.07) is 1.63. The highest BCUT2D eigenvalue weighted by Crippen LogP contribution is 2.59. The molecule has 16 heteroatoms. The molecule has 13 nitrogen and oxygen atoms in total. The first-order chi connectivity index (χ1) is 22.4. The molecule has 47 heavy (non-hydrogen) atoms. The molecular formula is C31H34F3N7O6. The van der Waals surface area contributed by atoms with E-state index in [2.05, 4.69) is 20.3 Å². The first-order valence-corrected chi connectivity index (χ1v) is 15.6. The highest BCUT2D eigenvalue weighted by molar-refractivity contribution is 5.92. The lowest BCUT2D eigenvalue weighted by Gasteiger charge is -2.45. The fraction of sp³-hybridized carbons (Fsp3) is 0.548. The number of nitrogens with zero attached hydrogens (tertiary/aromatic N) is 6. The van der Waals surface area contributed by atoms with Gasteiger partial charge in [0.15, 0.2) is 11.2 Å². The number of halogens is 3. The normalized spacial score (nSPS) is 24.3. The van der Waals surface area contributed by atoms with Crippen molar-refractivity contribution in [3.8, 4) is 0 Å². The van der Waals surface area contributed by atoms with E-state index >= 15 is 0 Å². The Hall–Kier alpha value is -4.31. The van der Waals surface area contributed by atoms with E-state index in [-0.39, 0.29) is 60.1 Å². The molecule has 1 N–H and O–H groups in total. The third-order valence-corrected chi connectivity index (χ3v) is 9.46. The topological polar surface area (TPSA) is 145 Å². The van der Waals surface area contributed by atoms with Gasteiger partial charge in [0.05, 0.1) is 25.4 Å². The number of piperazine rings is 1. The minimum atomic E-state index is -4.52. The Bertz CT molecular complexity index is 1840. The molecular weight excluding hydrogens is 623 g/mol. The number of alkyl halides is 3. The maximum absolute atomic E-state index is 14.1. The monoisotopic (exact) mass is 657 g/mol. The summed E-state index contributed by atoms with van der Waals surface area (Å²) in [4.78, 5) is 57.1. The van der Waals surface area contributed by atoms with Crippen molar-refractivity contribution in [2.75, 3.05) is 50.9 Å². The van der Waals surface area contributed by atoms with Crippen LogP contribution < -0.4 is 15.6 Å². The number of amides is 2. The van der Waals surface area contributed by atoms with Crippen LogP contribution in [0.3, 0.4) is 0 Å². The molecule has 3 aromatic heterocycles. The van der Waals surface area contributed by atoms with Crippen molar-refractivity contribution in [2.24, 2.45) is 0 Å². The lowest BCUT2D eigenvalue weighted by Crippen LogP contribution is -2.64. The van der Waals surface area contributed by atoms with Gasteiger partial charge >= 0.3 is 6.18 Å². The van der Waals surface area contributed by atoms with Crippen LogP contribution in [-0.4, -0.2) is 99.5 Å². The SMILES string of the molecule is CCc1c(N2CCN(C(=O)c3cc(C)ncn3)CC2)c(=O)c2oc(C3=CCOCC3)nc2n1CC(=O)NC12COC(C(F)(F)F)(C1)C2. The van der Waals surface area contributed by atoms with Gasteiger partial charge in [-0.2, -0.15) is 18.2 Å². The third kappa shape index (κ3) is 5.36. The Morgan fingerprint density at radius 3 is 2.53 bits per heavy atom. The average Bonchev–Trinajstić information content (AvgIpc) is 3.76. The molecule has 0 unspecified atom stereocenters. The lowest BCUT2D eigenvalue weighted by molar-refractivity contribution is -0.273. The Morgan fingerprint density at radius 2 is 1.89 bits per heavy atom. The molecule has 4 aliphatic heterocycles. The summed E-state index contributed by atoms with van der Waals surface area (Å²) in [6.07, 6.45) is -1.16. The van der Waals surface area contributed by atoms with Crippen LogP contribution in [0.5, 0.6) is 0 Å². The number of rotatable bonds is 7. The maximum Gasteiger partial charge on any atom is 0.417 e. The first kappa shape index (κ1) is 31.3. The zero-order valence-electron chi connectivity index (χ0n) is 26.0. The molecule has 8 rings (SSSR count). The van der Waals surface area contributed by atoms with Gasteiger partial charge in [-0.15, -0.1) is 0 Å². The van der Waals surface area contributed by atoms with Crippen molar-refractivity contribution in [3.05, 3.63) is 51.7 Å². The molecule has 0 atom stereocenters. The van der Waals surface area contributed by atoms with Crippen molar-refractivity contribution < 1.29 is 36.7 Å². The van der Waals surface area contributed by atoms with Crippen molar-refractivity contribution in [2.45, 2.75) is 63.4 Å². The Kier molecular flexibility index (Phi) is 7.62. The molecule has 0 aromatic carbocycles. The van der Waals surface area contributed by atoms with Crippen molar-refractivity contribution in [1.29, 1.82) is 0 Å². The number of carbonyl (C=O) groups is 2. The van der Waals surface area contributed by atoms with Gasteiger partial charge in [-0.25, -0.2) is 9.97 Å². The molecule has 1 aliphatic carbocycles. The largest absolute Gasteiger partial charge is 0.431 e. The van der Waals surface area contributed by atoms with Crippen LogP contribution in [0.15, 0.2) is 27.7 Å². The van der Waals surface area contributed by atoms with E-state index in [0.29, 0.717) is 69.3 Å². The van der Waals surface area contributed by atoms with Crippen molar-refractivity contribution in [3.63, 3.8) is 0 Å². The molecule has 2 amide bonds. The highest BCUT2D eigenvalue weighted by atomic mass is 19.4. The Morgan fingerprint density at radius 1 is 1.13 bits per heavy atom. The van der Waals surface area contributed by atoms with E-state index in [4.69, 9.17) is 13.9 Å². The van der Waals surface area contributed by atoms with Crippen LogP contribution >= 0.6 is 0 Å². The molecule has 4 fully saturated rings. The average molecular weight is 658 g/mol. The molecule has 0 spiro atoms. The van der Waals surface area contributed by atoms with Crippen LogP contribution in [0.1, 0.15) is 54.0 Å². The van der Waals surface area contributed by atoms with E-state index in [1.54, 1.807) is 22.5 Å². The molecule has 3 saturated heterocycles. The predicted octanol–water partition coefficient (Wildman–Crippen LogP) is 2.40. The maximum atomic E-state index is 14.1. The molecule has 0 radical (unpaired) electrons. The summed E-state index contributed by atoms with van der Waals surface area (Å²) in [5.41, 5.74) is -0.952. The zero-order valence-corrected chi connectivity index (χ0v) is 26.0. The van der Waals surface area contributed by atoms with E-state index in [1.165, 1.54) is 6.33 Å². The minimum Gasteiger partial charge on any atom is -0.431 e. The number of pyridine rings is 1. The number of fused-ring (bicyclic) bond motifs is 2. The van der Waals surface area contributed by atoms with Crippen molar-refractivity contribution >= 4 is 34.3 Å². The lowest BCUT2D eigenvalue weighted by atomic mass is 9.68. The smallest absolute Gasteiger partial charge is 0.417 e. The fourth-order valence-electron chi connectivity index (χ4n) is 7.12. The van der Waals surface area contributed by atoms with Gasteiger partial charge < -0.3 is 33.6 Å². The van der Waals surface area contributed by atoms with Crippen LogP contribution in [-0.2, 0) is 27.2 Å². The van der Waals surface area contributed by atoms with E-state index < -0.39 is 23.2 Å². The quantitative estimate of drug-likeness (QED) is 0.402. The number of oxazole rings is 1. The van der Waals surface area contributed by atoms with Crippen molar-refractivity contribution in [1.82, 2.24) is 29.7 Å². The first-order valence-electron chi connectivity index (χ1n) is 15.6. The van der Waals surface area contributed by atoms with Gasteiger partial charge in [0.1, 0.15) is 24.3 Å². The molecule has 5 aliphatic rings. The van der Waals surface area contributed by atoms with Gasteiger partial charge in [0, 0.05) is 62.4 Å². The van der Waals surface area contributed by atoms with Crippen LogP contribution in [0, 0.1) is 6.92 Å². The number of anilines is 1. The number of carbonyl (C=O) groups excluding carboxylic acids is 2. The van der Waals surface area contributed by atoms with Gasteiger partial charge in [0.2, 0.25) is 22.8 Å². The molecule has 1 saturated carbocycles. The number of ether oxygens (including phenoxy) is 2. The molecule has 7 heterocycles. The van der Waals surface area contributed by atoms with Crippen LogP contribution in [0.25, 0.3) is 16.8 Å². The number of aromatic nitrogens is 4. The van der Waals surface area contributed by atoms with E-state index in [0.717, 1.165) is 5.57 Å². The second-order valence-electron chi connectivity index (χ2n) is 12.6. The summed E-state index contributed by atoms with van der Waals surface area (Å²) in [6.45, 7) is 5.24. The summed E-state index contributed by atoms with van der Waals surface area (Å²) in [7, 11) is 0. The summed E-state index contributed by atoms with van der Waals surface area (Å²) in [5, 5.41) is 2.79. The summed E-state index contributed by atoms with van der Waals surface area (Å²) >= 11 is 0. The van der Waals surface area contributed by atoms with Gasteiger partial charge in [-0.05, 0) is 19.4 Å². The van der Waals surface area contributed by atoms with Gasteiger partial charge in [-0.3, -0.25) is 14.4 Å². The van der Waals surface area contributed by atoms with Gasteiger partial charge in [-0.1, -0.05) is 13.0 Å². The summed E-state index contributed by atoms with van der Waals surface area (Å²) in [5.74, 6) is -0.510. The van der Waals surface area contributed by atoms with Gasteiger partial charge in [0.25, 0.3) is 5.91 Å². The number of hydrogen-bond acceptors (Lipinski definition) is 10.